The summed E-state index contributed by atoms with van der Waals surface area (Å²) in [6.45, 7) is 8.46. The van der Waals surface area contributed by atoms with Gasteiger partial charge in [-0.3, -0.25) is 0 Å². The summed E-state index contributed by atoms with van der Waals surface area (Å²) in [4.78, 5) is 2.65. The molecule has 0 bridgehead atoms. The Morgan fingerprint density at radius 3 is 2.43 bits per heavy atom. The molecule has 0 saturated carbocycles. The maximum atomic E-state index is 5.48. The van der Waals surface area contributed by atoms with E-state index in [2.05, 4.69) is 10.2 Å². The molecule has 0 aromatic rings. The molecule has 3 rings (SSSR count). The van der Waals surface area contributed by atoms with E-state index in [9.17, 15) is 0 Å². The lowest BCUT2D eigenvalue weighted by atomic mass is 9.99. The van der Waals surface area contributed by atoms with Crippen molar-refractivity contribution in [2.75, 3.05) is 45.9 Å². The predicted octanol–water partition coefficient (Wildman–Crippen LogP) is 0.174. The van der Waals surface area contributed by atoms with E-state index in [0.29, 0.717) is 0 Å². The maximum absolute atomic E-state index is 5.48. The second-order valence-corrected chi connectivity index (χ2v) is 5.13. The molecule has 3 saturated heterocycles. The Kier molecular flexibility index (Phi) is 2.48. The number of rotatable bonds is 3. The van der Waals surface area contributed by atoms with Gasteiger partial charge in [-0.1, -0.05) is 0 Å². The first-order valence-electron chi connectivity index (χ1n) is 5.92. The third-order valence-corrected chi connectivity index (χ3v) is 4.04. The average Bonchev–Trinajstić information content (AvgIpc) is 2.59. The zero-order valence-corrected chi connectivity index (χ0v) is 8.74. The fourth-order valence-corrected chi connectivity index (χ4v) is 2.88. The molecule has 2 atom stereocenters. The van der Waals surface area contributed by atoms with Crippen LogP contribution < -0.4 is 5.32 Å². The summed E-state index contributed by atoms with van der Waals surface area (Å²) >= 11 is 0. The molecule has 3 fully saturated rings. The molecule has 3 heterocycles. The molecule has 0 aromatic carbocycles. The quantitative estimate of drug-likeness (QED) is 0.696. The Balaban J connectivity index is 1.42. The first-order chi connectivity index (χ1) is 6.92. The van der Waals surface area contributed by atoms with Crippen molar-refractivity contribution in [1.82, 2.24) is 10.2 Å². The number of nitrogens with zero attached hydrogens (tertiary/aromatic N) is 1. The maximum Gasteiger partial charge on any atom is 0.0510 e. The van der Waals surface area contributed by atoms with Crippen LogP contribution in [-0.4, -0.2) is 50.8 Å². The topological polar surface area (TPSA) is 24.5 Å². The van der Waals surface area contributed by atoms with E-state index in [1.165, 1.54) is 39.1 Å². The Bertz CT molecular complexity index is 193. The molecule has 14 heavy (non-hydrogen) atoms. The lowest BCUT2D eigenvalue weighted by Gasteiger charge is -2.29. The van der Waals surface area contributed by atoms with Gasteiger partial charge in [0.1, 0.15) is 0 Å². The summed E-state index contributed by atoms with van der Waals surface area (Å²) in [7, 11) is 0. The van der Waals surface area contributed by atoms with Gasteiger partial charge in [0.2, 0.25) is 0 Å². The van der Waals surface area contributed by atoms with E-state index in [4.69, 9.17) is 4.74 Å². The fraction of sp³-hybridized carbons (Fsp3) is 1.00. The highest BCUT2D eigenvalue weighted by atomic mass is 16.5. The zero-order chi connectivity index (χ0) is 9.38. The summed E-state index contributed by atoms with van der Waals surface area (Å²) in [5.74, 6) is 2.68. The van der Waals surface area contributed by atoms with Crippen molar-refractivity contribution in [3.63, 3.8) is 0 Å². The van der Waals surface area contributed by atoms with E-state index >= 15 is 0 Å². The van der Waals surface area contributed by atoms with E-state index < -0.39 is 0 Å². The van der Waals surface area contributed by atoms with Crippen molar-refractivity contribution in [3.05, 3.63) is 0 Å². The van der Waals surface area contributed by atoms with Crippen LogP contribution in [0.5, 0.6) is 0 Å². The molecule has 80 valence electrons. The van der Waals surface area contributed by atoms with Crippen molar-refractivity contribution in [3.8, 4) is 0 Å². The van der Waals surface area contributed by atoms with Gasteiger partial charge in [0, 0.05) is 24.9 Å². The lowest BCUT2D eigenvalue weighted by molar-refractivity contribution is 0.150. The summed E-state index contributed by atoms with van der Waals surface area (Å²) in [6.07, 6.45) is 1.40. The molecule has 3 nitrogen and oxygen atoms in total. The Morgan fingerprint density at radius 1 is 1.14 bits per heavy atom. The van der Waals surface area contributed by atoms with E-state index in [0.717, 1.165) is 31.0 Å². The van der Waals surface area contributed by atoms with Gasteiger partial charge in [-0.05, 0) is 32.0 Å². The van der Waals surface area contributed by atoms with E-state index in [1.54, 1.807) is 0 Å². The monoisotopic (exact) mass is 196 g/mol. The first kappa shape index (κ1) is 9.13. The van der Waals surface area contributed by atoms with Crippen LogP contribution in [0, 0.1) is 17.8 Å². The molecule has 1 N–H and O–H groups in total. The van der Waals surface area contributed by atoms with Crippen LogP contribution in [0.4, 0.5) is 0 Å². The van der Waals surface area contributed by atoms with Crippen LogP contribution in [0.3, 0.4) is 0 Å². The lowest BCUT2D eigenvalue weighted by Crippen LogP contribution is -2.43. The number of fused-ring (bicyclic) bond motifs is 1. The molecule has 0 unspecified atom stereocenters. The number of nitrogens with one attached hydrogen (secondary N) is 1. The number of hydrogen-bond donors (Lipinski definition) is 1. The highest BCUT2D eigenvalue weighted by Gasteiger charge is 2.36. The minimum atomic E-state index is 0.856. The van der Waals surface area contributed by atoms with Gasteiger partial charge in [0.25, 0.3) is 0 Å². The van der Waals surface area contributed by atoms with E-state index in [-0.39, 0.29) is 0 Å². The predicted molar refractivity (Wildman–Crippen MR) is 55.2 cm³/mol. The standard InChI is InChI=1S/C11H20N2O/c1(9-3-12-4-9)2-13-5-10-7-14-8-11(10)6-13/h9-12H,1-8H2/t10-,11+. The molecule has 0 spiro atoms. The molecule has 3 heteroatoms. The van der Waals surface area contributed by atoms with Crippen LogP contribution in [0.25, 0.3) is 0 Å². The Morgan fingerprint density at radius 2 is 1.86 bits per heavy atom. The van der Waals surface area contributed by atoms with Gasteiger partial charge in [-0.15, -0.1) is 0 Å². The summed E-state index contributed by atoms with van der Waals surface area (Å²) in [5.41, 5.74) is 0. The molecule has 3 aliphatic heterocycles. The second kappa shape index (κ2) is 3.80. The molecular weight excluding hydrogens is 176 g/mol. The largest absolute Gasteiger partial charge is 0.381 e. The van der Waals surface area contributed by atoms with Crippen molar-refractivity contribution >= 4 is 0 Å². The molecule has 0 aromatic heterocycles. The zero-order valence-electron chi connectivity index (χ0n) is 8.74. The summed E-state index contributed by atoms with van der Waals surface area (Å²) in [6, 6.07) is 0. The third kappa shape index (κ3) is 1.69. The van der Waals surface area contributed by atoms with Crippen LogP contribution in [0.1, 0.15) is 6.42 Å². The fourth-order valence-electron chi connectivity index (χ4n) is 2.88. The minimum absolute atomic E-state index is 0.856. The highest BCUT2D eigenvalue weighted by molar-refractivity contribution is 4.88. The van der Waals surface area contributed by atoms with Crippen LogP contribution in [0.2, 0.25) is 0 Å². The average molecular weight is 196 g/mol. The van der Waals surface area contributed by atoms with Gasteiger partial charge < -0.3 is 15.0 Å². The Labute approximate surface area is 85.8 Å². The van der Waals surface area contributed by atoms with Crippen LogP contribution >= 0.6 is 0 Å². The van der Waals surface area contributed by atoms with Gasteiger partial charge in [0.15, 0.2) is 0 Å². The SMILES string of the molecule is C(CN1C[C@H]2COC[C@H]2C1)C1CNC1. The highest BCUT2D eigenvalue weighted by Crippen LogP contribution is 2.29. The van der Waals surface area contributed by atoms with Gasteiger partial charge >= 0.3 is 0 Å². The van der Waals surface area contributed by atoms with Crippen molar-refractivity contribution in [2.45, 2.75) is 6.42 Å². The number of hydrogen-bond acceptors (Lipinski definition) is 3. The number of likely N-dealkylation sites (tertiary alicyclic amines) is 1. The van der Waals surface area contributed by atoms with E-state index in [1.807, 2.05) is 0 Å². The van der Waals surface area contributed by atoms with Crippen LogP contribution in [-0.2, 0) is 4.74 Å². The van der Waals surface area contributed by atoms with Crippen molar-refractivity contribution < 1.29 is 4.74 Å². The van der Waals surface area contributed by atoms with Crippen molar-refractivity contribution in [2.24, 2.45) is 17.8 Å². The van der Waals surface area contributed by atoms with Crippen molar-refractivity contribution in [1.29, 1.82) is 0 Å². The van der Waals surface area contributed by atoms with Crippen LogP contribution in [0.15, 0.2) is 0 Å². The second-order valence-electron chi connectivity index (χ2n) is 5.13. The molecule has 0 amide bonds. The number of ether oxygens (including phenoxy) is 1. The van der Waals surface area contributed by atoms with Gasteiger partial charge in [-0.25, -0.2) is 0 Å². The Hall–Kier alpha value is -0.120. The molecule has 0 radical (unpaired) electrons. The molecule has 0 aliphatic carbocycles. The van der Waals surface area contributed by atoms with Gasteiger partial charge in [0.05, 0.1) is 13.2 Å². The minimum Gasteiger partial charge on any atom is -0.381 e. The smallest absolute Gasteiger partial charge is 0.0510 e. The molecule has 3 aliphatic rings. The first-order valence-corrected chi connectivity index (χ1v) is 5.92. The third-order valence-electron chi connectivity index (χ3n) is 4.04. The van der Waals surface area contributed by atoms with Gasteiger partial charge in [-0.2, -0.15) is 0 Å². The summed E-state index contributed by atoms with van der Waals surface area (Å²) < 4.78 is 5.48. The summed E-state index contributed by atoms with van der Waals surface area (Å²) in [5, 5.41) is 3.34. The molecular formula is C11H20N2O. The normalized spacial score (nSPS) is 38.6.